The number of hydrazone groups is 1. The zero-order valence-electron chi connectivity index (χ0n) is 13.8. The van der Waals surface area contributed by atoms with Crippen molar-refractivity contribution >= 4 is 12.1 Å². The van der Waals surface area contributed by atoms with E-state index >= 15 is 0 Å². The highest BCUT2D eigenvalue weighted by molar-refractivity contribution is 5.95. The fourth-order valence-electron chi connectivity index (χ4n) is 2.90. The summed E-state index contributed by atoms with van der Waals surface area (Å²) < 4.78 is 10.6. The number of ether oxygens (including phenoxy) is 2. The average Bonchev–Trinajstić information content (AvgIpc) is 3.05. The van der Waals surface area contributed by atoms with Gasteiger partial charge in [-0.2, -0.15) is 10.2 Å². The van der Waals surface area contributed by atoms with Gasteiger partial charge < -0.3 is 9.47 Å². The number of rotatable bonds is 5. The van der Waals surface area contributed by atoms with E-state index in [1.807, 2.05) is 12.1 Å². The van der Waals surface area contributed by atoms with Crippen molar-refractivity contribution in [3.8, 4) is 11.5 Å². The predicted octanol–water partition coefficient (Wildman–Crippen LogP) is 2.07. The molecule has 0 bridgehead atoms. The van der Waals surface area contributed by atoms with Crippen LogP contribution in [0, 0.1) is 0 Å². The van der Waals surface area contributed by atoms with Crippen molar-refractivity contribution in [3.05, 3.63) is 40.7 Å². The van der Waals surface area contributed by atoms with E-state index in [9.17, 15) is 4.79 Å². The van der Waals surface area contributed by atoms with Crippen LogP contribution < -0.4 is 14.9 Å². The van der Waals surface area contributed by atoms with Crippen LogP contribution in [-0.2, 0) is 12.8 Å². The van der Waals surface area contributed by atoms with Crippen LogP contribution in [0.4, 0.5) is 0 Å². The number of para-hydroxylation sites is 1. The maximum atomic E-state index is 12.3. The second-order valence-corrected chi connectivity index (χ2v) is 5.52. The molecule has 0 aliphatic heterocycles. The first kappa shape index (κ1) is 16.0. The lowest BCUT2D eigenvalue weighted by Crippen LogP contribution is -2.20. The quantitative estimate of drug-likeness (QED) is 0.649. The number of benzene rings is 1. The van der Waals surface area contributed by atoms with E-state index in [2.05, 4.69) is 20.7 Å². The third-order valence-corrected chi connectivity index (χ3v) is 4.07. The number of aryl methyl sites for hydroxylation is 1. The van der Waals surface area contributed by atoms with Gasteiger partial charge in [0.2, 0.25) is 0 Å². The topological polar surface area (TPSA) is 88.6 Å². The number of methoxy groups -OCH3 is 2. The normalized spacial score (nSPS) is 13.6. The molecular formula is C17H20N4O3. The third-order valence-electron chi connectivity index (χ3n) is 4.07. The number of carbonyl (C=O) groups is 1. The van der Waals surface area contributed by atoms with Crippen LogP contribution in [-0.4, -0.2) is 36.5 Å². The first-order valence-corrected chi connectivity index (χ1v) is 7.85. The van der Waals surface area contributed by atoms with Gasteiger partial charge in [0, 0.05) is 16.8 Å². The average molecular weight is 328 g/mol. The van der Waals surface area contributed by atoms with E-state index in [1.165, 1.54) is 6.21 Å². The molecule has 0 spiro atoms. The summed E-state index contributed by atoms with van der Waals surface area (Å²) >= 11 is 0. The molecule has 1 aliphatic carbocycles. The Balaban J connectivity index is 1.73. The molecule has 0 saturated carbocycles. The van der Waals surface area contributed by atoms with Gasteiger partial charge in [-0.15, -0.1) is 0 Å². The van der Waals surface area contributed by atoms with Gasteiger partial charge in [0.1, 0.15) is 0 Å². The lowest BCUT2D eigenvalue weighted by molar-refractivity contribution is 0.0949. The third kappa shape index (κ3) is 3.10. The Kier molecular flexibility index (Phi) is 4.79. The molecule has 0 unspecified atom stereocenters. The highest BCUT2D eigenvalue weighted by Crippen LogP contribution is 2.29. The Morgan fingerprint density at radius 2 is 2.12 bits per heavy atom. The number of carbonyl (C=O) groups excluding carboxylic acids is 1. The molecule has 7 heteroatoms. The largest absolute Gasteiger partial charge is 0.493 e. The number of nitrogens with one attached hydrogen (secondary N) is 2. The molecular weight excluding hydrogens is 308 g/mol. The van der Waals surface area contributed by atoms with E-state index in [4.69, 9.17) is 9.47 Å². The number of nitrogens with zero attached hydrogens (tertiary/aromatic N) is 2. The fraction of sp³-hybridized carbons (Fsp3) is 0.353. The number of H-pyrrole nitrogens is 1. The molecule has 126 valence electrons. The van der Waals surface area contributed by atoms with E-state index in [0.717, 1.165) is 36.9 Å². The molecule has 24 heavy (non-hydrogen) atoms. The second-order valence-electron chi connectivity index (χ2n) is 5.52. The number of hydrogen-bond donors (Lipinski definition) is 2. The molecule has 1 aromatic heterocycles. The summed E-state index contributed by atoms with van der Waals surface area (Å²) in [6.07, 6.45) is 5.56. The molecule has 1 amide bonds. The van der Waals surface area contributed by atoms with Gasteiger partial charge in [-0.05, 0) is 37.8 Å². The monoisotopic (exact) mass is 328 g/mol. The van der Waals surface area contributed by atoms with E-state index in [-0.39, 0.29) is 5.91 Å². The van der Waals surface area contributed by atoms with Gasteiger partial charge in [-0.3, -0.25) is 9.89 Å². The Labute approximate surface area is 140 Å². The van der Waals surface area contributed by atoms with Gasteiger partial charge in [0.05, 0.1) is 20.4 Å². The van der Waals surface area contributed by atoms with Crippen molar-refractivity contribution in [2.45, 2.75) is 25.7 Å². The van der Waals surface area contributed by atoms with Crippen LogP contribution in [0.1, 0.15) is 40.2 Å². The molecule has 1 aromatic carbocycles. The van der Waals surface area contributed by atoms with Crippen LogP contribution in [0.5, 0.6) is 11.5 Å². The van der Waals surface area contributed by atoms with Crippen molar-refractivity contribution in [1.29, 1.82) is 0 Å². The minimum Gasteiger partial charge on any atom is -0.493 e. The minimum absolute atomic E-state index is 0.312. The molecule has 0 atom stereocenters. The first-order valence-electron chi connectivity index (χ1n) is 7.85. The highest BCUT2D eigenvalue weighted by atomic mass is 16.5. The highest BCUT2D eigenvalue weighted by Gasteiger charge is 2.21. The van der Waals surface area contributed by atoms with E-state index in [0.29, 0.717) is 22.8 Å². The number of aromatic nitrogens is 2. The molecule has 2 N–H and O–H groups in total. The standard InChI is InChI=1S/C17H20N4O3/c1-23-14-9-5-6-11(16(14)24-2)10-18-21-17(22)15-12-7-3-4-8-13(12)19-20-15/h5-6,9-10H,3-4,7-8H2,1-2H3,(H,19,20)(H,21,22)/b18-10-. The van der Waals surface area contributed by atoms with Crippen LogP contribution in [0.3, 0.4) is 0 Å². The van der Waals surface area contributed by atoms with Crippen molar-refractivity contribution in [1.82, 2.24) is 15.6 Å². The van der Waals surface area contributed by atoms with Crippen LogP contribution in [0.15, 0.2) is 23.3 Å². The molecule has 3 rings (SSSR count). The minimum atomic E-state index is -0.312. The molecule has 1 heterocycles. The number of aromatic amines is 1. The summed E-state index contributed by atoms with van der Waals surface area (Å²) in [7, 11) is 3.13. The Morgan fingerprint density at radius 1 is 1.29 bits per heavy atom. The molecule has 7 nitrogen and oxygen atoms in total. The predicted molar refractivity (Wildman–Crippen MR) is 89.8 cm³/mol. The molecule has 0 radical (unpaired) electrons. The van der Waals surface area contributed by atoms with Crippen molar-refractivity contribution in [2.75, 3.05) is 14.2 Å². The maximum Gasteiger partial charge on any atom is 0.292 e. The van der Waals surface area contributed by atoms with Gasteiger partial charge in [-0.1, -0.05) is 6.07 Å². The second kappa shape index (κ2) is 7.16. The smallest absolute Gasteiger partial charge is 0.292 e. The summed E-state index contributed by atoms with van der Waals surface area (Å²) in [5.74, 6) is 0.858. The van der Waals surface area contributed by atoms with Crippen molar-refractivity contribution in [3.63, 3.8) is 0 Å². The van der Waals surface area contributed by atoms with Crippen LogP contribution >= 0.6 is 0 Å². The molecule has 0 fully saturated rings. The maximum absolute atomic E-state index is 12.3. The van der Waals surface area contributed by atoms with E-state index in [1.54, 1.807) is 20.3 Å². The lowest BCUT2D eigenvalue weighted by atomic mass is 9.96. The van der Waals surface area contributed by atoms with E-state index < -0.39 is 0 Å². The summed E-state index contributed by atoms with van der Waals surface area (Å²) in [4.78, 5) is 12.3. The van der Waals surface area contributed by atoms with Gasteiger partial charge in [0.25, 0.3) is 5.91 Å². The summed E-state index contributed by atoms with van der Waals surface area (Å²) in [5, 5.41) is 11.1. The zero-order valence-corrected chi connectivity index (χ0v) is 13.8. The number of hydrogen-bond acceptors (Lipinski definition) is 5. The zero-order chi connectivity index (χ0) is 16.9. The molecule has 2 aromatic rings. The van der Waals surface area contributed by atoms with Gasteiger partial charge >= 0.3 is 0 Å². The summed E-state index contributed by atoms with van der Waals surface area (Å²) in [5.41, 5.74) is 5.73. The Bertz CT molecular complexity index is 767. The van der Waals surface area contributed by atoms with Crippen molar-refractivity contribution in [2.24, 2.45) is 5.10 Å². The first-order chi connectivity index (χ1) is 11.7. The Hall–Kier alpha value is -2.83. The summed E-state index contributed by atoms with van der Waals surface area (Å²) in [6.45, 7) is 0. The van der Waals surface area contributed by atoms with Gasteiger partial charge in [0.15, 0.2) is 17.2 Å². The molecule has 1 aliphatic rings. The number of fused-ring (bicyclic) bond motifs is 1. The lowest BCUT2D eigenvalue weighted by Gasteiger charge is -2.10. The van der Waals surface area contributed by atoms with Gasteiger partial charge in [-0.25, -0.2) is 5.43 Å². The van der Waals surface area contributed by atoms with Crippen LogP contribution in [0.2, 0.25) is 0 Å². The fourth-order valence-corrected chi connectivity index (χ4v) is 2.90. The summed E-state index contributed by atoms with van der Waals surface area (Å²) in [6, 6.07) is 5.45. The van der Waals surface area contributed by atoms with Crippen molar-refractivity contribution < 1.29 is 14.3 Å². The molecule has 0 saturated heterocycles. The number of amides is 1. The SMILES string of the molecule is COc1cccc(/C=N\NC(=O)c2n[nH]c3c2CCCC3)c1OC. The van der Waals surface area contributed by atoms with Crippen LogP contribution in [0.25, 0.3) is 0 Å². The Morgan fingerprint density at radius 3 is 2.92 bits per heavy atom.